The average molecular weight is 348 g/mol. The van der Waals surface area contributed by atoms with Crippen molar-refractivity contribution in [2.24, 2.45) is 5.92 Å². The lowest BCUT2D eigenvalue weighted by atomic mass is 10.1. The van der Waals surface area contributed by atoms with E-state index < -0.39 is 0 Å². The van der Waals surface area contributed by atoms with E-state index >= 15 is 0 Å². The molecule has 140 valence electrons. The molecule has 1 heterocycles. The summed E-state index contributed by atoms with van der Waals surface area (Å²) in [5.41, 5.74) is 1.16. The number of piperidine rings is 1. The molecule has 2 rings (SSSR count). The highest BCUT2D eigenvalue weighted by Gasteiger charge is 2.14. The molecule has 0 aromatic heterocycles. The van der Waals surface area contributed by atoms with Gasteiger partial charge in [-0.15, -0.1) is 0 Å². The molecule has 2 unspecified atom stereocenters. The van der Waals surface area contributed by atoms with E-state index in [4.69, 9.17) is 4.74 Å². The SMILES string of the molecule is COc1cccc(CC(C)NC(=O)NCC(C)CN2CCCCC2)c1. The molecule has 1 fully saturated rings. The van der Waals surface area contributed by atoms with Crippen LogP contribution in [0.25, 0.3) is 0 Å². The zero-order valence-corrected chi connectivity index (χ0v) is 15.9. The zero-order valence-electron chi connectivity index (χ0n) is 15.9. The second-order valence-electron chi connectivity index (χ2n) is 7.28. The van der Waals surface area contributed by atoms with Gasteiger partial charge < -0.3 is 20.3 Å². The fourth-order valence-corrected chi connectivity index (χ4v) is 3.39. The van der Waals surface area contributed by atoms with Crippen molar-refractivity contribution in [3.8, 4) is 5.75 Å². The predicted molar refractivity (Wildman–Crippen MR) is 102 cm³/mol. The minimum Gasteiger partial charge on any atom is -0.497 e. The normalized spacial score (nSPS) is 17.6. The smallest absolute Gasteiger partial charge is 0.315 e. The minimum atomic E-state index is -0.0825. The van der Waals surface area contributed by atoms with Crippen LogP contribution in [0.3, 0.4) is 0 Å². The second kappa shape index (κ2) is 10.3. The molecule has 0 spiro atoms. The largest absolute Gasteiger partial charge is 0.497 e. The number of nitrogens with zero attached hydrogens (tertiary/aromatic N) is 1. The highest BCUT2D eigenvalue weighted by Crippen LogP contribution is 2.14. The Morgan fingerprint density at radius 2 is 2.00 bits per heavy atom. The lowest BCUT2D eigenvalue weighted by Crippen LogP contribution is -2.44. The molecule has 1 saturated heterocycles. The standard InChI is InChI=1S/C20H33N3O2/c1-16(15-23-10-5-4-6-11-23)14-21-20(24)22-17(2)12-18-8-7-9-19(13-18)25-3/h7-9,13,16-17H,4-6,10-12,14-15H2,1-3H3,(H2,21,22,24). The van der Waals surface area contributed by atoms with Crippen molar-refractivity contribution >= 4 is 6.03 Å². The minimum absolute atomic E-state index is 0.0736. The molecule has 1 aliphatic heterocycles. The fraction of sp³-hybridized carbons (Fsp3) is 0.650. The molecule has 2 amide bonds. The summed E-state index contributed by atoms with van der Waals surface area (Å²) in [5.74, 6) is 1.32. The number of hydrogen-bond acceptors (Lipinski definition) is 3. The predicted octanol–water partition coefficient (Wildman–Crippen LogP) is 3.05. The van der Waals surface area contributed by atoms with E-state index in [2.05, 4.69) is 28.5 Å². The topological polar surface area (TPSA) is 53.6 Å². The zero-order chi connectivity index (χ0) is 18.1. The number of likely N-dealkylation sites (tertiary alicyclic amines) is 1. The summed E-state index contributed by atoms with van der Waals surface area (Å²) in [6.07, 6.45) is 4.76. The lowest BCUT2D eigenvalue weighted by molar-refractivity contribution is 0.197. The molecule has 0 saturated carbocycles. The maximum absolute atomic E-state index is 12.1. The summed E-state index contributed by atoms with van der Waals surface area (Å²) >= 11 is 0. The van der Waals surface area contributed by atoms with Gasteiger partial charge in [0.1, 0.15) is 5.75 Å². The maximum Gasteiger partial charge on any atom is 0.315 e. The van der Waals surface area contributed by atoms with Crippen LogP contribution in [-0.2, 0) is 6.42 Å². The molecular formula is C20H33N3O2. The number of nitrogens with one attached hydrogen (secondary N) is 2. The number of ether oxygens (including phenoxy) is 1. The van der Waals surface area contributed by atoms with E-state index in [0.717, 1.165) is 24.3 Å². The Morgan fingerprint density at radius 1 is 1.24 bits per heavy atom. The monoisotopic (exact) mass is 347 g/mol. The van der Waals surface area contributed by atoms with Gasteiger partial charge in [0.25, 0.3) is 0 Å². The Balaban J connectivity index is 1.66. The molecule has 1 aromatic rings. The first kappa shape index (κ1) is 19.6. The number of carbonyl (C=O) groups is 1. The average Bonchev–Trinajstić information content (AvgIpc) is 2.61. The van der Waals surface area contributed by atoms with Crippen LogP contribution in [-0.4, -0.2) is 50.3 Å². The molecule has 0 aliphatic carbocycles. The Bertz CT molecular complexity index is 529. The van der Waals surface area contributed by atoms with Crippen LogP contribution < -0.4 is 15.4 Å². The van der Waals surface area contributed by atoms with E-state index in [0.29, 0.717) is 12.5 Å². The Morgan fingerprint density at radius 3 is 2.72 bits per heavy atom. The van der Waals surface area contributed by atoms with Crippen molar-refractivity contribution in [1.82, 2.24) is 15.5 Å². The molecule has 0 bridgehead atoms. The van der Waals surface area contributed by atoms with Crippen molar-refractivity contribution in [1.29, 1.82) is 0 Å². The first-order valence-corrected chi connectivity index (χ1v) is 9.46. The van der Waals surface area contributed by atoms with Crippen LogP contribution in [0.2, 0.25) is 0 Å². The number of methoxy groups -OCH3 is 1. The Hall–Kier alpha value is -1.75. The summed E-state index contributed by atoms with van der Waals surface area (Å²) in [6.45, 7) is 8.42. The van der Waals surface area contributed by atoms with Crippen LogP contribution in [0.15, 0.2) is 24.3 Å². The van der Waals surface area contributed by atoms with Gasteiger partial charge in [0.2, 0.25) is 0 Å². The van der Waals surface area contributed by atoms with Gasteiger partial charge in [-0.1, -0.05) is 25.5 Å². The van der Waals surface area contributed by atoms with E-state index in [1.165, 1.54) is 32.4 Å². The summed E-state index contributed by atoms with van der Waals surface area (Å²) < 4.78 is 5.24. The third kappa shape index (κ3) is 7.34. The number of rotatable bonds is 8. The van der Waals surface area contributed by atoms with Gasteiger partial charge in [0.15, 0.2) is 0 Å². The highest BCUT2D eigenvalue weighted by atomic mass is 16.5. The summed E-state index contributed by atoms with van der Waals surface area (Å²) in [5, 5.41) is 6.03. The van der Waals surface area contributed by atoms with E-state index in [-0.39, 0.29) is 12.1 Å². The van der Waals surface area contributed by atoms with Gasteiger partial charge in [0.05, 0.1) is 7.11 Å². The first-order chi connectivity index (χ1) is 12.1. The molecule has 5 nitrogen and oxygen atoms in total. The molecule has 5 heteroatoms. The van der Waals surface area contributed by atoms with Crippen molar-refractivity contribution in [2.45, 2.75) is 45.6 Å². The summed E-state index contributed by atoms with van der Waals surface area (Å²) in [7, 11) is 1.67. The van der Waals surface area contributed by atoms with Crippen LogP contribution in [0.4, 0.5) is 4.79 Å². The third-order valence-corrected chi connectivity index (χ3v) is 4.68. The Labute approximate surface area is 152 Å². The molecule has 0 radical (unpaired) electrons. The fourth-order valence-electron chi connectivity index (χ4n) is 3.39. The molecule has 1 aliphatic rings. The van der Waals surface area contributed by atoms with Crippen molar-refractivity contribution in [2.75, 3.05) is 33.3 Å². The number of carbonyl (C=O) groups excluding carboxylic acids is 1. The van der Waals surface area contributed by atoms with Crippen LogP contribution >= 0.6 is 0 Å². The molecule has 2 atom stereocenters. The van der Waals surface area contributed by atoms with Gasteiger partial charge in [-0.25, -0.2) is 4.79 Å². The first-order valence-electron chi connectivity index (χ1n) is 9.46. The van der Waals surface area contributed by atoms with E-state index in [1.54, 1.807) is 7.11 Å². The molecule has 25 heavy (non-hydrogen) atoms. The van der Waals surface area contributed by atoms with Gasteiger partial charge in [-0.3, -0.25) is 0 Å². The third-order valence-electron chi connectivity index (χ3n) is 4.68. The number of urea groups is 1. The number of hydrogen-bond donors (Lipinski definition) is 2. The van der Waals surface area contributed by atoms with E-state index in [9.17, 15) is 4.79 Å². The molecule has 2 N–H and O–H groups in total. The quantitative estimate of drug-likeness (QED) is 0.760. The molecular weight excluding hydrogens is 314 g/mol. The van der Waals surface area contributed by atoms with E-state index in [1.807, 2.05) is 25.1 Å². The highest BCUT2D eigenvalue weighted by molar-refractivity contribution is 5.74. The number of amides is 2. The second-order valence-corrected chi connectivity index (χ2v) is 7.28. The van der Waals surface area contributed by atoms with Gasteiger partial charge in [0, 0.05) is 19.1 Å². The maximum atomic E-state index is 12.1. The van der Waals surface area contributed by atoms with Crippen molar-refractivity contribution in [3.05, 3.63) is 29.8 Å². The van der Waals surface area contributed by atoms with Crippen LogP contribution in [0.5, 0.6) is 5.75 Å². The van der Waals surface area contributed by atoms with Gasteiger partial charge >= 0.3 is 6.03 Å². The summed E-state index contributed by atoms with van der Waals surface area (Å²) in [6, 6.07) is 7.96. The lowest BCUT2D eigenvalue weighted by Gasteiger charge is -2.29. The van der Waals surface area contributed by atoms with Crippen LogP contribution in [0, 0.1) is 5.92 Å². The number of benzene rings is 1. The van der Waals surface area contributed by atoms with Gasteiger partial charge in [-0.05, 0) is 62.9 Å². The Kier molecular flexibility index (Phi) is 8.06. The molecule has 1 aromatic carbocycles. The van der Waals surface area contributed by atoms with Gasteiger partial charge in [-0.2, -0.15) is 0 Å². The van der Waals surface area contributed by atoms with Crippen molar-refractivity contribution in [3.63, 3.8) is 0 Å². The van der Waals surface area contributed by atoms with Crippen molar-refractivity contribution < 1.29 is 9.53 Å². The summed E-state index contributed by atoms with van der Waals surface area (Å²) in [4.78, 5) is 14.6. The van der Waals surface area contributed by atoms with Crippen LogP contribution in [0.1, 0.15) is 38.7 Å².